The second-order valence-electron chi connectivity index (χ2n) is 4.99. The molecular formula is C21H23BrN2. The molecule has 0 saturated heterocycles. The van der Waals surface area contributed by atoms with Crippen LogP contribution in [-0.2, 0) is 6.54 Å². The first-order valence-electron chi connectivity index (χ1n) is 7.73. The number of terminal acetylenes is 1. The molecule has 0 amide bonds. The average molecular weight is 383 g/mol. The molecule has 2 nitrogen and oxygen atoms in total. The third kappa shape index (κ3) is 6.87. The van der Waals surface area contributed by atoms with Gasteiger partial charge in [0.05, 0.1) is 0 Å². The fraction of sp³-hybridized carbons (Fsp3) is 0.143. The van der Waals surface area contributed by atoms with Crippen molar-refractivity contribution in [1.29, 1.82) is 0 Å². The number of hydrogen-bond donors (Lipinski definition) is 2. The van der Waals surface area contributed by atoms with E-state index in [-0.39, 0.29) is 0 Å². The van der Waals surface area contributed by atoms with Crippen LogP contribution >= 0.6 is 15.9 Å². The van der Waals surface area contributed by atoms with Crippen molar-refractivity contribution >= 4 is 21.6 Å². The van der Waals surface area contributed by atoms with Gasteiger partial charge in [-0.15, -0.1) is 6.42 Å². The molecule has 0 aromatic heterocycles. The summed E-state index contributed by atoms with van der Waals surface area (Å²) >= 11 is 3.33. The Hall–Kier alpha value is -2.28. The summed E-state index contributed by atoms with van der Waals surface area (Å²) in [6, 6.07) is 17.9. The molecule has 24 heavy (non-hydrogen) atoms. The number of allylic oxidation sites excluding steroid dienone is 3. The van der Waals surface area contributed by atoms with Gasteiger partial charge in [0.2, 0.25) is 0 Å². The predicted octanol–water partition coefficient (Wildman–Crippen LogP) is 4.86. The van der Waals surface area contributed by atoms with Crippen LogP contribution in [0.25, 0.3) is 5.70 Å². The van der Waals surface area contributed by atoms with Gasteiger partial charge in [-0.1, -0.05) is 71.2 Å². The molecular weight excluding hydrogens is 360 g/mol. The smallest absolute Gasteiger partial charge is 0.0420 e. The lowest BCUT2D eigenvalue weighted by atomic mass is 10.0. The molecule has 0 aliphatic carbocycles. The zero-order valence-corrected chi connectivity index (χ0v) is 15.5. The molecule has 0 aliphatic rings. The van der Waals surface area contributed by atoms with E-state index >= 15 is 0 Å². The van der Waals surface area contributed by atoms with E-state index in [2.05, 4.69) is 28.8 Å². The Morgan fingerprint density at radius 1 is 1.12 bits per heavy atom. The van der Waals surface area contributed by atoms with Gasteiger partial charge in [-0.2, -0.15) is 0 Å². The van der Waals surface area contributed by atoms with Crippen LogP contribution in [0.3, 0.4) is 0 Å². The van der Waals surface area contributed by atoms with E-state index < -0.39 is 0 Å². The summed E-state index contributed by atoms with van der Waals surface area (Å²) in [6.07, 6.45) is 9.61. The van der Waals surface area contributed by atoms with E-state index in [4.69, 9.17) is 17.9 Å². The second kappa shape index (κ2) is 11.3. The lowest BCUT2D eigenvalue weighted by Crippen LogP contribution is -1.99. The molecule has 0 unspecified atom stereocenters. The average Bonchev–Trinajstić information content (AvgIpc) is 2.64. The minimum Gasteiger partial charge on any atom is -0.398 e. The van der Waals surface area contributed by atoms with Crippen molar-refractivity contribution in [2.75, 3.05) is 0 Å². The molecule has 0 saturated carbocycles. The zero-order chi connectivity index (χ0) is 17.8. The van der Waals surface area contributed by atoms with Crippen LogP contribution < -0.4 is 11.5 Å². The Morgan fingerprint density at radius 3 is 2.25 bits per heavy atom. The maximum absolute atomic E-state index is 6.05. The number of benzene rings is 2. The van der Waals surface area contributed by atoms with Crippen molar-refractivity contribution < 1.29 is 0 Å². The first kappa shape index (κ1) is 19.8. The van der Waals surface area contributed by atoms with Gasteiger partial charge in [-0.25, -0.2) is 0 Å². The van der Waals surface area contributed by atoms with Crippen molar-refractivity contribution in [2.24, 2.45) is 11.5 Å². The Labute approximate surface area is 153 Å². The number of halogens is 1. The highest BCUT2D eigenvalue weighted by atomic mass is 79.9. The van der Waals surface area contributed by atoms with Crippen molar-refractivity contribution in [3.63, 3.8) is 0 Å². The minimum absolute atomic E-state index is 0.618. The van der Waals surface area contributed by atoms with Crippen LogP contribution in [0.2, 0.25) is 0 Å². The van der Waals surface area contributed by atoms with Crippen molar-refractivity contribution in [3.8, 4) is 12.3 Å². The van der Waals surface area contributed by atoms with Gasteiger partial charge in [-0.05, 0) is 47.4 Å². The molecule has 0 radical (unpaired) electrons. The molecule has 0 bridgehead atoms. The molecule has 0 atom stereocenters. The van der Waals surface area contributed by atoms with Gasteiger partial charge < -0.3 is 11.5 Å². The standard InChI is InChI=1S/C14H15N.C7H8BrN/c1-3-5-9-12(4-2)14(15)13-10-7-6-8-11-13;8-7-3-1-6(5-9)2-4-7/h1,5-11H,4,15H2,2H3;1-4H,5,9H2/b9-5-,14-12+;. The van der Waals surface area contributed by atoms with E-state index in [0.29, 0.717) is 6.54 Å². The van der Waals surface area contributed by atoms with Crippen LogP contribution in [0.1, 0.15) is 24.5 Å². The highest BCUT2D eigenvalue weighted by molar-refractivity contribution is 9.10. The highest BCUT2D eigenvalue weighted by Crippen LogP contribution is 2.16. The summed E-state index contributed by atoms with van der Waals surface area (Å²) in [4.78, 5) is 0. The van der Waals surface area contributed by atoms with Crippen LogP contribution in [0, 0.1) is 12.3 Å². The Balaban J connectivity index is 0.000000272. The maximum Gasteiger partial charge on any atom is 0.0420 e. The molecule has 124 valence electrons. The maximum atomic E-state index is 6.05. The summed E-state index contributed by atoms with van der Waals surface area (Å²) in [5, 5.41) is 0. The van der Waals surface area contributed by atoms with Gasteiger partial charge in [0, 0.05) is 16.7 Å². The predicted molar refractivity (Wildman–Crippen MR) is 108 cm³/mol. The molecule has 2 aromatic rings. The topological polar surface area (TPSA) is 52.0 Å². The Morgan fingerprint density at radius 2 is 1.75 bits per heavy atom. The Kier molecular flexibility index (Phi) is 9.29. The molecule has 4 N–H and O–H groups in total. The van der Waals surface area contributed by atoms with Gasteiger partial charge in [0.25, 0.3) is 0 Å². The van der Waals surface area contributed by atoms with Gasteiger partial charge in [0.1, 0.15) is 0 Å². The van der Waals surface area contributed by atoms with Gasteiger partial charge in [0.15, 0.2) is 0 Å². The molecule has 0 spiro atoms. The first-order chi connectivity index (χ1) is 11.6. The lowest BCUT2D eigenvalue weighted by Gasteiger charge is -2.06. The lowest BCUT2D eigenvalue weighted by molar-refractivity contribution is 1.07. The highest BCUT2D eigenvalue weighted by Gasteiger charge is 2.00. The summed E-state index contributed by atoms with van der Waals surface area (Å²) in [5.41, 5.74) is 15.5. The zero-order valence-electron chi connectivity index (χ0n) is 13.9. The molecule has 0 fully saturated rings. The second-order valence-corrected chi connectivity index (χ2v) is 5.90. The number of nitrogens with two attached hydrogens (primary N) is 2. The van der Waals surface area contributed by atoms with Gasteiger partial charge >= 0.3 is 0 Å². The van der Waals surface area contributed by atoms with Crippen LogP contribution in [0.4, 0.5) is 0 Å². The largest absolute Gasteiger partial charge is 0.398 e. The third-order valence-electron chi connectivity index (χ3n) is 3.34. The molecule has 2 rings (SSSR count). The summed E-state index contributed by atoms with van der Waals surface area (Å²) < 4.78 is 1.10. The van der Waals surface area contributed by atoms with Crippen LogP contribution in [-0.4, -0.2) is 0 Å². The SMILES string of the molecule is C#C/C=C\C(CC)=C(\N)c1ccccc1.NCc1ccc(Br)cc1. The normalized spacial score (nSPS) is 11.2. The number of hydrogen-bond acceptors (Lipinski definition) is 2. The van der Waals surface area contributed by atoms with E-state index in [1.165, 1.54) is 5.56 Å². The van der Waals surface area contributed by atoms with E-state index in [0.717, 1.165) is 27.7 Å². The summed E-state index contributed by atoms with van der Waals surface area (Å²) in [7, 11) is 0. The van der Waals surface area contributed by atoms with Crippen molar-refractivity contribution in [2.45, 2.75) is 19.9 Å². The fourth-order valence-corrected chi connectivity index (χ4v) is 2.23. The summed E-state index contributed by atoms with van der Waals surface area (Å²) in [5.74, 6) is 2.47. The molecule has 0 heterocycles. The Bertz CT molecular complexity index is 708. The quantitative estimate of drug-likeness (QED) is 0.585. The summed E-state index contributed by atoms with van der Waals surface area (Å²) in [6.45, 7) is 2.68. The van der Waals surface area contributed by atoms with E-state index in [1.807, 2.05) is 60.7 Å². The first-order valence-corrected chi connectivity index (χ1v) is 8.52. The monoisotopic (exact) mass is 382 g/mol. The van der Waals surface area contributed by atoms with E-state index in [9.17, 15) is 0 Å². The number of rotatable bonds is 4. The van der Waals surface area contributed by atoms with Crippen LogP contribution in [0.5, 0.6) is 0 Å². The van der Waals surface area contributed by atoms with Gasteiger partial charge in [-0.3, -0.25) is 0 Å². The van der Waals surface area contributed by atoms with E-state index in [1.54, 1.807) is 6.08 Å². The molecule has 0 aliphatic heterocycles. The van der Waals surface area contributed by atoms with Crippen molar-refractivity contribution in [3.05, 3.63) is 87.9 Å². The van der Waals surface area contributed by atoms with Crippen LogP contribution in [0.15, 0.2) is 76.8 Å². The van der Waals surface area contributed by atoms with Crippen molar-refractivity contribution in [1.82, 2.24) is 0 Å². The molecule has 3 heteroatoms. The fourth-order valence-electron chi connectivity index (χ4n) is 1.97. The molecule has 2 aromatic carbocycles. The minimum atomic E-state index is 0.618. The third-order valence-corrected chi connectivity index (χ3v) is 3.87.